The van der Waals surface area contributed by atoms with Crippen LogP contribution in [0.5, 0.6) is 0 Å². The predicted octanol–water partition coefficient (Wildman–Crippen LogP) is 8.04. The molecule has 0 N–H and O–H groups in total. The van der Waals surface area contributed by atoms with Crippen LogP contribution in [0.1, 0.15) is 0 Å². The van der Waals surface area contributed by atoms with E-state index in [-0.39, 0.29) is 0 Å². The molecule has 0 aliphatic carbocycles. The van der Waals surface area contributed by atoms with Crippen LogP contribution < -0.4 is 0 Å². The molecule has 0 bridgehead atoms. The molecule has 0 amide bonds. The van der Waals surface area contributed by atoms with E-state index in [0.717, 1.165) is 0 Å². The van der Waals surface area contributed by atoms with Gasteiger partial charge in [0, 0.05) is 0 Å². The minimum atomic E-state index is 1.30. The fraction of sp³-hybridized carbons (Fsp3) is 0. The van der Waals surface area contributed by atoms with Crippen LogP contribution in [0.25, 0.3) is 64.6 Å². The normalized spacial score (nSPS) is 12.3. The summed E-state index contributed by atoms with van der Waals surface area (Å²) in [5.41, 5.74) is 0. The van der Waals surface area contributed by atoms with Crippen molar-refractivity contribution >= 4 is 64.6 Å². The van der Waals surface area contributed by atoms with E-state index in [9.17, 15) is 0 Å². The van der Waals surface area contributed by atoms with E-state index >= 15 is 0 Å². The molecule has 0 heterocycles. The highest BCUT2D eigenvalue weighted by atomic mass is 14.2. The van der Waals surface area contributed by atoms with E-state index in [1.165, 1.54) is 64.6 Å². The lowest BCUT2D eigenvalue weighted by atomic mass is 9.86. The maximum atomic E-state index is 2.39. The van der Waals surface area contributed by atoms with Gasteiger partial charge in [-0.25, -0.2) is 0 Å². The Balaban J connectivity index is 1.95. The van der Waals surface area contributed by atoms with Crippen LogP contribution >= 0.6 is 0 Å². The lowest BCUT2D eigenvalue weighted by Crippen LogP contribution is -1.89. The molecule has 0 unspecified atom stereocenters. The highest BCUT2D eigenvalue weighted by Crippen LogP contribution is 2.44. The lowest BCUT2D eigenvalue weighted by Gasteiger charge is -2.17. The zero-order valence-electron chi connectivity index (χ0n) is 15.2. The van der Waals surface area contributed by atoms with E-state index in [1.54, 1.807) is 0 Å². The van der Waals surface area contributed by atoms with Gasteiger partial charge in [-0.2, -0.15) is 0 Å². The fourth-order valence-electron chi connectivity index (χ4n) is 5.11. The smallest absolute Gasteiger partial charge is 0.00139 e. The van der Waals surface area contributed by atoms with E-state index < -0.39 is 0 Å². The van der Waals surface area contributed by atoms with Crippen molar-refractivity contribution in [3.05, 3.63) is 97.1 Å². The first-order valence-corrected chi connectivity index (χ1v) is 9.79. The van der Waals surface area contributed by atoms with Crippen molar-refractivity contribution in [3.63, 3.8) is 0 Å². The van der Waals surface area contributed by atoms with E-state index in [4.69, 9.17) is 0 Å². The Bertz CT molecular complexity index is 1700. The topological polar surface area (TPSA) is 0 Å². The van der Waals surface area contributed by atoms with E-state index in [2.05, 4.69) is 97.1 Å². The van der Waals surface area contributed by atoms with Crippen molar-refractivity contribution in [2.24, 2.45) is 0 Å². The number of rotatable bonds is 0. The number of fused-ring (bicyclic) bond motifs is 6. The first-order chi connectivity index (χ1) is 13.9. The van der Waals surface area contributed by atoms with Crippen LogP contribution in [0, 0.1) is 0 Å². The van der Waals surface area contributed by atoms with Gasteiger partial charge in [0.1, 0.15) is 0 Å². The van der Waals surface area contributed by atoms with Crippen molar-refractivity contribution in [1.82, 2.24) is 0 Å². The standard InChI is InChI=1S/C28H16/c1-2-7-19-16-25-24(15-18(19)6-1)23-11-5-9-17-12-13-21-14-20-8-3-4-10-22(20)28(25)27(21)26(17)23/h1-16H. The van der Waals surface area contributed by atoms with Crippen LogP contribution in [0.3, 0.4) is 0 Å². The summed E-state index contributed by atoms with van der Waals surface area (Å²) in [7, 11) is 0. The quantitative estimate of drug-likeness (QED) is 0.191. The second kappa shape index (κ2) is 4.99. The molecule has 128 valence electrons. The molecule has 0 radical (unpaired) electrons. The molecule has 0 spiro atoms. The Morgan fingerprint density at radius 1 is 0.286 bits per heavy atom. The predicted molar refractivity (Wildman–Crippen MR) is 123 cm³/mol. The first-order valence-electron chi connectivity index (χ1n) is 9.79. The Kier molecular flexibility index (Phi) is 2.57. The molecule has 7 aromatic carbocycles. The van der Waals surface area contributed by atoms with Crippen LogP contribution in [0.2, 0.25) is 0 Å². The van der Waals surface area contributed by atoms with Crippen LogP contribution in [0.4, 0.5) is 0 Å². The molecule has 0 nitrogen and oxygen atoms in total. The second-order valence-corrected chi connectivity index (χ2v) is 7.79. The zero-order valence-corrected chi connectivity index (χ0v) is 15.2. The Labute approximate surface area is 162 Å². The number of hydrogen-bond donors (Lipinski definition) is 0. The Morgan fingerprint density at radius 3 is 1.79 bits per heavy atom. The number of hydrogen-bond acceptors (Lipinski definition) is 0. The van der Waals surface area contributed by atoms with Crippen molar-refractivity contribution in [1.29, 1.82) is 0 Å². The fourth-order valence-corrected chi connectivity index (χ4v) is 5.11. The first kappa shape index (κ1) is 14.4. The molecular formula is C28H16. The van der Waals surface area contributed by atoms with Crippen molar-refractivity contribution in [3.8, 4) is 0 Å². The van der Waals surface area contributed by atoms with Crippen LogP contribution in [-0.4, -0.2) is 0 Å². The average molecular weight is 352 g/mol. The summed E-state index contributed by atoms with van der Waals surface area (Å²) in [6.07, 6.45) is 0. The molecule has 7 rings (SSSR count). The summed E-state index contributed by atoms with van der Waals surface area (Å²) in [6.45, 7) is 0. The van der Waals surface area contributed by atoms with E-state index in [0.29, 0.717) is 0 Å². The summed E-state index contributed by atoms with van der Waals surface area (Å²) in [5, 5.41) is 16.1. The molecule has 0 fully saturated rings. The van der Waals surface area contributed by atoms with Crippen LogP contribution in [-0.2, 0) is 0 Å². The van der Waals surface area contributed by atoms with Gasteiger partial charge in [-0.05, 0) is 82.8 Å². The van der Waals surface area contributed by atoms with Gasteiger partial charge < -0.3 is 0 Å². The lowest BCUT2D eigenvalue weighted by molar-refractivity contribution is 1.79. The maximum Gasteiger partial charge on any atom is -0.00139 e. The monoisotopic (exact) mass is 352 g/mol. The third-order valence-corrected chi connectivity index (χ3v) is 6.31. The molecule has 7 aromatic rings. The third-order valence-electron chi connectivity index (χ3n) is 6.31. The molecular weight excluding hydrogens is 336 g/mol. The van der Waals surface area contributed by atoms with Crippen molar-refractivity contribution < 1.29 is 0 Å². The molecule has 0 aromatic heterocycles. The van der Waals surface area contributed by atoms with Crippen molar-refractivity contribution in [2.45, 2.75) is 0 Å². The molecule has 0 aliphatic rings. The molecule has 0 saturated heterocycles. The van der Waals surface area contributed by atoms with Gasteiger partial charge in [0.25, 0.3) is 0 Å². The minimum absolute atomic E-state index is 1.30. The van der Waals surface area contributed by atoms with Gasteiger partial charge in [-0.1, -0.05) is 78.9 Å². The second-order valence-electron chi connectivity index (χ2n) is 7.79. The molecule has 0 heteroatoms. The Morgan fingerprint density at radius 2 is 0.929 bits per heavy atom. The SMILES string of the molecule is c1ccc2cc3c(cc2c1)c1cccc2ccc4cc5ccccc5c3c4c21. The van der Waals surface area contributed by atoms with Gasteiger partial charge in [0.2, 0.25) is 0 Å². The highest BCUT2D eigenvalue weighted by molar-refractivity contribution is 6.39. The number of benzene rings is 7. The molecule has 0 saturated carbocycles. The summed E-state index contributed by atoms with van der Waals surface area (Å²) in [5.74, 6) is 0. The zero-order chi connectivity index (χ0) is 18.2. The van der Waals surface area contributed by atoms with Gasteiger partial charge >= 0.3 is 0 Å². The summed E-state index contributed by atoms with van der Waals surface area (Å²) in [4.78, 5) is 0. The van der Waals surface area contributed by atoms with E-state index in [1.807, 2.05) is 0 Å². The van der Waals surface area contributed by atoms with Gasteiger partial charge in [0.05, 0.1) is 0 Å². The average Bonchev–Trinajstić information content (AvgIpc) is 2.76. The minimum Gasteiger partial charge on any atom is -0.0616 e. The summed E-state index contributed by atoms with van der Waals surface area (Å²) < 4.78 is 0. The Hall–Kier alpha value is -3.64. The van der Waals surface area contributed by atoms with Gasteiger partial charge in [0.15, 0.2) is 0 Å². The largest absolute Gasteiger partial charge is 0.0616 e. The maximum absolute atomic E-state index is 2.39. The van der Waals surface area contributed by atoms with Gasteiger partial charge in [-0.15, -0.1) is 0 Å². The highest BCUT2D eigenvalue weighted by Gasteiger charge is 2.16. The third kappa shape index (κ3) is 1.70. The molecule has 0 atom stereocenters. The summed E-state index contributed by atoms with van der Waals surface area (Å²) in [6, 6.07) is 35.9. The summed E-state index contributed by atoms with van der Waals surface area (Å²) >= 11 is 0. The molecule has 28 heavy (non-hydrogen) atoms. The van der Waals surface area contributed by atoms with Gasteiger partial charge in [-0.3, -0.25) is 0 Å². The van der Waals surface area contributed by atoms with Crippen LogP contribution in [0.15, 0.2) is 97.1 Å². The van der Waals surface area contributed by atoms with Crippen molar-refractivity contribution in [2.75, 3.05) is 0 Å². The molecule has 0 aliphatic heterocycles.